The highest BCUT2D eigenvalue weighted by atomic mass is 16.5. The Morgan fingerprint density at radius 1 is 1.09 bits per heavy atom. The highest BCUT2D eigenvalue weighted by molar-refractivity contribution is 5.87. The molecule has 0 spiro atoms. The van der Waals surface area contributed by atoms with Crippen molar-refractivity contribution in [3.63, 3.8) is 0 Å². The van der Waals surface area contributed by atoms with Gasteiger partial charge in [0.2, 0.25) is 5.91 Å². The fraction of sp³-hybridized carbons (Fsp3) is 0.231. The predicted molar refractivity (Wildman–Crippen MR) is 129 cm³/mol. The molecule has 2 aromatic carbocycles. The largest absolute Gasteiger partial charge is 0.472 e. The van der Waals surface area contributed by atoms with E-state index >= 15 is 0 Å². The molecule has 0 radical (unpaired) electrons. The molecule has 35 heavy (non-hydrogen) atoms. The molecule has 3 N–H and O–H groups in total. The summed E-state index contributed by atoms with van der Waals surface area (Å²) < 4.78 is 6.94. The number of carboxylic acids is 1. The summed E-state index contributed by atoms with van der Waals surface area (Å²) in [5.41, 5.74) is 3.80. The minimum Gasteiger partial charge on any atom is -0.472 e. The summed E-state index contributed by atoms with van der Waals surface area (Å²) in [4.78, 5) is 35.4. The lowest BCUT2D eigenvalue weighted by atomic mass is 9.98. The third-order valence-electron chi connectivity index (χ3n) is 5.83. The van der Waals surface area contributed by atoms with Crippen LogP contribution in [0.25, 0.3) is 11.1 Å². The first kappa shape index (κ1) is 23.6. The number of carboxylic acid groups (broad SMARTS) is 1. The highest BCUT2D eigenvalue weighted by Gasteiger charge is 2.31. The van der Waals surface area contributed by atoms with Gasteiger partial charge in [-0.15, -0.1) is 0 Å². The molecule has 4 rings (SSSR count). The third kappa shape index (κ3) is 5.01. The van der Waals surface area contributed by atoms with Gasteiger partial charge < -0.3 is 15.2 Å². The van der Waals surface area contributed by atoms with E-state index in [0.717, 1.165) is 22.3 Å². The molecule has 0 unspecified atom stereocenters. The van der Waals surface area contributed by atoms with E-state index < -0.39 is 23.5 Å². The number of aromatic nitrogens is 2. The Balaban J connectivity index is 1.36. The van der Waals surface area contributed by atoms with Crippen LogP contribution >= 0.6 is 0 Å². The van der Waals surface area contributed by atoms with Crippen LogP contribution in [0, 0.1) is 11.8 Å². The van der Waals surface area contributed by atoms with Crippen LogP contribution in [0.15, 0.2) is 60.9 Å². The Labute approximate surface area is 202 Å². The van der Waals surface area contributed by atoms with Gasteiger partial charge in [0.25, 0.3) is 0 Å². The number of carbonyl (C=O) groups excluding carboxylic acids is 2. The van der Waals surface area contributed by atoms with Crippen LogP contribution in [-0.2, 0) is 19.9 Å². The molecule has 1 aliphatic rings. The van der Waals surface area contributed by atoms with E-state index in [-0.39, 0.29) is 19.1 Å². The van der Waals surface area contributed by atoms with Crippen molar-refractivity contribution in [3.8, 4) is 23.0 Å². The normalized spacial score (nSPS) is 12.1. The van der Waals surface area contributed by atoms with E-state index in [0.29, 0.717) is 5.69 Å². The molecule has 9 nitrogen and oxygen atoms in total. The van der Waals surface area contributed by atoms with Crippen LogP contribution in [0.5, 0.6) is 0 Å². The van der Waals surface area contributed by atoms with Gasteiger partial charge in [0.15, 0.2) is 0 Å². The first-order chi connectivity index (χ1) is 16.8. The van der Waals surface area contributed by atoms with Gasteiger partial charge in [-0.2, -0.15) is 5.10 Å². The molecule has 3 aromatic rings. The van der Waals surface area contributed by atoms with Crippen molar-refractivity contribution in [2.75, 3.05) is 18.5 Å². The Morgan fingerprint density at radius 2 is 1.71 bits per heavy atom. The SMILES string of the molecule is CC(C)(C(=O)NCC#CC(=O)O)n1cc(NC(=O)OCC2c3ccccc3-c3ccccc32)cn1. The molecular weight excluding hydrogens is 448 g/mol. The molecule has 178 valence electrons. The second kappa shape index (κ2) is 9.73. The van der Waals surface area contributed by atoms with E-state index in [2.05, 4.69) is 33.8 Å². The fourth-order valence-electron chi connectivity index (χ4n) is 4.01. The predicted octanol–water partition coefficient (Wildman–Crippen LogP) is 3.18. The Bertz CT molecular complexity index is 1300. The molecule has 0 fully saturated rings. The van der Waals surface area contributed by atoms with Gasteiger partial charge in [-0.1, -0.05) is 54.5 Å². The number of benzene rings is 2. The number of nitrogens with one attached hydrogen (secondary N) is 2. The molecule has 0 atom stereocenters. The molecule has 1 aliphatic carbocycles. The second-order valence-corrected chi connectivity index (χ2v) is 8.47. The van der Waals surface area contributed by atoms with Gasteiger partial charge in [-0.25, -0.2) is 9.59 Å². The second-order valence-electron chi connectivity index (χ2n) is 8.47. The molecule has 1 heterocycles. The summed E-state index contributed by atoms with van der Waals surface area (Å²) in [6.45, 7) is 3.34. The molecule has 0 bridgehead atoms. The van der Waals surface area contributed by atoms with E-state index in [1.54, 1.807) is 13.8 Å². The minimum atomic E-state index is -1.27. The summed E-state index contributed by atoms with van der Waals surface area (Å²) in [7, 11) is 0. The van der Waals surface area contributed by atoms with Crippen molar-refractivity contribution in [1.82, 2.24) is 15.1 Å². The smallest absolute Gasteiger partial charge is 0.411 e. The summed E-state index contributed by atoms with van der Waals surface area (Å²) in [6.07, 6.45) is 2.31. The van der Waals surface area contributed by atoms with Gasteiger partial charge in [-0.3, -0.25) is 14.8 Å². The van der Waals surface area contributed by atoms with Gasteiger partial charge in [0, 0.05) is 18.0 Å². The monoisotopic (exact) mass is 472 g/mol. The number of aliphatic carboxylic acids is 1. The van der Waals surface area contributed by atoms with Gasteiger partial charge in [0.1, 0.15) is 12.1 Å². The number of anilines is 1. The average molecular weight is 473 g/mol. The van der Waals surface area contributed by atoms with E-state index in [9.17, 15) is 14.4 Å². The van der Waals surface area contributed by atoms with Gasteiger partial charge in [0.05, 0.1) is 18.4 Å². The minimum absolute atomic E-state index is 0.0530. The average Bonchev–Trinajstić information content (AvgIpc) is 3.43. The van der Waals surface area contributed by atoms with Crippen LogP contribution in [0.1, 0.15) is 30.9 Å². The van der Waals surface area contributed by atoms with Crippen LogP contribution < -0.4 is 10.6 Å². The zero-order valence-corrected chi connectivity index (χ0v) is 19.2. The number of amides is 2. The first-order valence-electron chi connectivity index (χ1n) is 10.9. The van der Waals surface area contributed by atoms with E-state index in [1.165, 1.54) is 17.1 Å². The number of ether oxygens (including phenoxy) is 1. The number of rotatable bonds is 6. The quantitative estimate of drug-likeness (QED) is 0.474. The van der Waals surface area contributed by atoms with Crippen molar-refractivity contribution < 1.29 is 24.2 Å². The molecule has 2 amide bonds. The first-order valence-corrected chi connectivity index (χ1v) is 10.9. The van der Waals surface area contributed by atoms with E-state index in [4.69, 9.17) is 9.84 Å². The van der Waals surface area contributed by atoms with Crippen LogP contribution in [0.3, 0.4) is 0 Å². The Morgan fingerprint density at radius 3 is 2.34 bits per heavy atom. The Kier molecular flexibility index (Phi) is 6.55. The fourth-order valence-corrected chi connectivity index (χ4v) is 4.01. The number of hydrogen-bond donors (Lipinski definition) is 3. The zero-order chi connectivity index (χ0) is 25.0. The molecule has 0 saturated heterocycles. The number of carbonyl (C=O) groups is 3. The van der Waals surface area contributed by atoms with Crippen LogP contribution in [-0.4, -0.2) is 46.0 Å². The van der Waals surface area contributed by atoms with Crippen molar-refractivity contribution in [1.29, 1.82) is 0 Å². The molecule has 0 saturated carbocycles. The van der Waals surface area contributed by atoms with Gasteiger partial charge >= 0.3 is 12.1 Å². The topological polar surface area (TPSA) is 123 Å². The Hall–Kier alpha value is -4.58. The number of nitrogens with zero attached hydrogens (tertiary/aromatic N) is 2. The molecule has 9 heteroatoms. The standard InChI is InChI=1S/C26H24N4O5/c1-26(2,24(33)27-13-7-12-23(31)32)30-15-17(14-28-30)29-25(34)35-16-22-20-10-5-3-8-18(20)19-9-4-6-11-21(19)22/h3-6,8-11,14-15,22H,13,16H2,1-2H3,(H,27,33)(H,29,34)(H,31,32). The van der Waals surface area contributed by atoms with Crippen molar-refractivity contribution in [2.45, 2.75) is 25.3 Å². The van der Waals surface area contributed by atoms with Crippen LogP contribution in [0.4, 0.5) is 10.5 Å². The van der Waals surface area contributed by atoms with Crippen molar-refractivity contribution >= 4 is 23.7 Å². The maximum Gasteiger partial charge on any atom is 0.411 e. The lowest BCUT2D eigenvalue weighted by Gasteiger charge is -2.23. The zero-order valence-electron chi connectivity index (χ0n) is 19.2. The maximum atomic E-state index is 12.5. The molecule has 0 aliphatic heterocycles. The summed E-state index contributed by atoms with van der Waals surface area (Å²) in [5.74, 6) is 2.53. The third-order valence-corrected chi connectivity index (χ3v) is 5.83. The molecule has 1 aromatic heterocycles. The van der Waals surface area contributed by atoms with Crippen molar-refractivity contribution in [3.05, 3.63) is 72.1 Å². The van der Waals surface area contributed by atoms with Crippen molar-refractivity contribution in [2.24, 2.45) is 0 Å². The summed E-state index contributed by atoms with van der Waals surface area (Å²) in [5, 5.41) is 17.9. The summed E-state index contributed by atoms with van der Waals surface area (Å²) in [6, 6.07) is 16.2. The van der Waals surface area contributed by atoms with E-state index in [1.807, 2.05) is 42.3 Å². The molecular formula is C26H24N4O5. The number of fused-ring (bicyclic) bond motifs is 3. The van der Waals surface area contributed by atoms with Crippen LogP contribution in [0.2, 0.25) is 0 Å². The lowest BCUT2D eigenvalue weighted by molar-refractivity contribution is -0.130. The maximum absolute atomic E-state index is 12.5. The van der Waals surface area contributed by atoms with Gasteiger partial charge in [-0.05, 0) is 36.1 Å². The summed E-state index contributed by atoms with van der Waals surface area (Å²) >= 11 is 0. The highest BCUT2D eigenvalue weighted by Crippen LogP contribution is 2.44. The lowest BCUT2D eigenvalue weighted by Crippen LogP contribution is -2.44. The number of hydrogen-bond acceptors (Lipinski definition) is 5.